The normalized spacial score (nSPS) is 11.9. The molecule has 0 unspecified atom stereocenters. The van der Waals surface area contributed by atoms with Crippen LogP contribution in [-0.4, -0.2) is 8.07 Å². The summed E-state index contributed by atoms with van der Waals surface area (Å²) < 4.78 is 9.29. The van der Waals surface area contributed by atoms with Crippen LogP contribution in [0.1, 0.15) is 0 Å². The summed E-state index contributed by atoms with van der Waals surface area (Å²) in [5.74, 6) is -0.600. The Kier molecular flexibility index (Phi) is 1.56. The first kappa shape index (κ1) is 7.34. The first-order valence-corrected chi connectivity index (χ1v) is 6.59. The van der Waals surface area contributed by atoms with E-state index >= 15 is 0 Å². The molecule has 1 aromatic rings. The van der Waals surface area contributed by atoms with Crippen molar-refractivity contribution >= 4 is 13.5 Å². The molecule has 56 valence electrons. The van der Waals surface area contributed by atoms with E-state index in [1.165, 1.54) is 6.26 Å². The van der Waals surface area contributed by atoms with Crippen LogP contribution in [0.15, 0.2) is 19.9 Å². The highest BCUT2D eigenvalue weighted by molar-refractivity contribution is 6.87. The van der Waals surface area contributed by atoms with Gasteiger partial charge in [0.25, 0.3) is 0 Å². The monoisotopic (exact) mass is 158 g/mol. The lowest BCUT2D eigenvalue weighted by atomic mass is 11.0. The fourth-order valence-electron chi connectivity index (χ4n) is 0.569. The highest BCUT2D eigenvalue weighted by atomic mass is 28.3. The fraction of sp³-hybridized carbons (Fsp3) is 0.500. The molecule has 4 heteroatoms. The van der Waals surface area contributed by atoms with Gasteiger partial charge in [-0.1, -0.05) is 19.6 Å². The molecular weight excluding hydrogens is 148 g/mol. The lowest BCUT2D eigenvalue weighted by Gasteiger charge is -2.07. The van der Waals surface area contributed by atoms with E-state index < -0.39 is 13.9 Å². The molecule has 0 saturated carbocycles. The van der Waals surface area contributed by atoms with E-state index in [0.717, 1.165) is 5.38 Å². The van der Waals surface area contributed by atoms with Crippen LogP contribution in [0.4, 0.5) is 0 Å². The molecule has 0 aliphatic heterocycles. The Bertz CT molecular complexity index is 265. The number of hydrogen-bond acceptors (Lipinski definition) is 3. The van der Waals surface area contributed by atoms with E-state index in [1.54, 1.807) is 0 Å². The lowest BCUT2D eigenvalue weighted by Crippen LogP contribution is -2.36. The zero-order chi connectivity index (χ0) is 7.78. The first-order chi connectivity index (χ1) is 4.50. The fourth-order valence-corrected chi connectivity index (χ4v) is 1.37. The average Bonchev–Trinajstić information content (AvgIpc) is 2.11. The summed E-state index contributed by atoms with van der Waals surface area (Å²) in [6.45, 7) is 6.25. The van der Waals surface area contributed by atoms with Gasteiger partial charge in [-0.3, -0.25) is 0 Å². The topological polar surface area (TPSA) is 43.4 Å². The highest BCUT2D eigenvalue weighted by Gasteiger charge is 2.21. The van der Waals surface area contributed by atoms with Gasteiger partial charge in [0.05, 0.1) is 0 Å². The average molecular weight is 158 g/mol. The van der Waals surface area contributed by atoms with Crippen LogP contribution in [0.3, 0.4) is 0 Å². The summed E-state index contributed by atoms with van der Waals surface area (Å²) in [5.41, 5.74) is 0. The zero-order valence-corrected chi connectivity index (χ0v) is 7.30. The van der Waals surface area contributed by atoms with Crippen molar-refractivity contribution in [2.45, 2.75) is 19.6 Å². The Labute approximate surface area is 59.7 Å². The van der Waals surface area contributed by atoms with Gasteiger partial charge in [-0.15, -0.1) is 0 Å². The standard InChI is InChI=1S/C6H10O3Si/c1-10(2,3)5-4-8-6(7)9-5/h4H,1-3H3. The molecule has 0 aromatic carbocycles. The number of hydrogen-bond donors (Lipinski definition) is 0. The second-order valence-corrected chi connectivity index (χ2v) is 8.19. The Balaban J connectivity index is 3.07. The maximum atomic E-state index is 10.4. The minimum Gasteiger partial charge on any atom is -0.401 e. The van der Waals surface area contributed by atoms with Crippen molar-refractivity contribution in [3.05, 3.63) is 16.9 Å². The van der Waals surface area contributed by atoms with E-state index in [1.807, 2.05) is 0 Å². The van der Waals surface area contributed by atoms with Crippen LogP contribution in [0.25, 0.3) is 0 Å². The quantitative estimate of drug-likeness (QED) is 0.567. The van der Waals surface area contributed by atoms with Gasteiger partial charge in [0.2, 0.25) is 0 Å². The van der Waals surface area contributed by atoms with E-state index in [2.05, 4.69) is 24.1 Å². The minimum absolute atomic E-state index is 0.600. The van der Waals surface area contributed by atoms with E-state index in [4.69, 9.17) is 4.42 Å². The molecule has 1 heterocycles. The van der Waals surface area contributed by atoms with Gasteiger partial charge in [0.1, 0.15) is 19.7 Å². The van der Waals surface area contributed by atoms with Gasteiger partial charge in [0, 0.05) is 0 Å². The predicted molar refractivity (Wildman–Crippen MR) is 40.2 cm³/mol. The summed E-state index contributed by atoms with van der Waals surface area (Å²) in [5, 5.41) is 0.720. The molecule has 0 bridgehead atoms. The molecule has 0 atom stereocenters. The predicted octanol–water partition coefficient (Wildman–Crippen LogP) is 0.778. The Morgan fingerprint density at radius 1 is 1.40 bits per heavy atom. The largest absolute Gasteiger partial charge is 0.518 e. The van der Waals surface area contributed by atoms with Crippen molar-refractivity contribution in [1.29, 1.82) is 0 Å². The van der Waals surface area contributed by atoms with Crippen molar-refractivity contribution in [2.75, 3.05) is 0 Å². The van der Waals surface area contributed by atoms with Crippen LogP contribution in [-0.2, 0) is 0 Å². The molecular formula is C6H10O3Si. The molecule has 0 aliphatic rings. The SMILES string of the molecule is C[Si](C)(C)c1coc(=O)o1. The van der Waals surface area contributed by atoms with Crippen molar-refractivity contribution in [1.82, 2.24) is 0 Å². The van der Waals surface area contributed by atoms with E-state index in [9.17, 15) is 4.79 Å². The van der Waals surface area contributed by atoms with E-state index in [0.29, 0.717) is 0 Å². The zero-order valence-electron chi connectivity index (χ0n) is 6.30. The third-order valence-corrected chi connectivity index (χ3v) is 2.89. The third-order valence-electron chi connectivity index (χ3n) is 1.19. The van der Waals surface area contributed by atoms with Crippen LogP contribution >= 0.6 is 0 Å². The Morgan fingerprint density at radius 3 is 2.20 bits per heavy atom. The molecule has 0 aliphatic carbocycles. The van der Waals surface area contributed by atoms with Crippen LogP contribution in [0, 0.1) is 0 Å². The van der Waals surface area contributed by atoms with Crippen LogP contribution < -0.4 is 11.2 Å². The summed E-state index contributed by atoms with van der Waals surface area (Å²) in [7, 11) is -1.47. The van der Waals surface area contributed by atoms with Crippen molar-refractivity contribution in [2.24, 2.45) is 0 Å². The molecule has 0 spiro atoms. The lowest BCUT2D eigenvalue weighted by molar-refractivity contribution is 0.392. The molecule has 0 amide bonds. The maximum absolute atomic E-state index is 10.4. The Hall–Kier alpha value is -0.773. The summed E-state index contributed by atoms with van der Waals surface area (Å²) in [6, 6.07) is 0. The molecule has 0 radical (unpaired) electrons. The molecule has 0 saturated heterocycles. The Morgan fingerprint density at radius 2 is 2.00 bits per heavy atom. The van der Waals surface area contributed by atoms with Crippen molar-refractivity contribution in [3.63, 3.8) is 0 Å². The third kappa shape index (κ3) is 1.38. The molecule has 0 N–H and O–H groups in total. The second kappa shape index (κ2) is 2.12. The number of rotatable bonds is 1. The highest BCUT2D eigenvalue weighted by Crippen LogP contribution is 1.99. The minimum atomic E-state index is -1.47. The molecule has 3 nitrogen and oxygen atoms in total. The van der Waals surface area contributed by atoms with Gasteiger partial charge >= 0.3 is 5.82 Å². The van der Waals surface area contributed by atoms with Gasteiger partial charge in [-0.25, -0.2) is 4.79 Å². The van der Waals surface area contributed by atoms with Gasteiger partial charge in [0.15, 0.2) is 0 Å². The molecule has 0 fully saturated rings. The van der Waals surface area contributed by atoms with Gasteiger partial charge in [-0.2, -0.15) is 0 Å². The molecule has 1 aromatic heterocycles. The van der Waals surface area contributed by atoms with Crippen molar-refractivity contribution < 1.29 is 8.83 Å². The summed E-state index contributed by atoms with van der Waals surface area (Å²) >= 11 is 0. The summed E-state index contributed by atoms with van der Waals surface area (Å²) in [4.78, 5) is 10.4. The van der Waals surface area contributed by atoms with Crippen molar-refractivity contribution in [3.8, 4) is 0 Å². The van der Waals surface area contributed by atoms with Gasteiger partial charge < -0.3 is 8.83 Å². The second-order valence-electron chi connectivity index (χ2n) is 3.20. The van der Waals surface area contributed by atoms with E-state index in [-0.39, 0.29) is 0 Å². The maximum Gasteiger partial charge on any atom is 0.518 e. The van der Waals surface area contributed by atoms with Crippen LogP contribution in [0.2, 0.25) is 19.6 Å². The molecule has 10 heavy (non-hydrogen) atoms. The smallest absolute Gasteiger partial charge is 0.401 e. The first-order valence-electron chi connectivity index (χ1n) is 3.09. The summed E-state index contributed by atoms with van der Waals surface area (Å²) in [6.07, 6.45) is 1.41. The van der Waals surface area contributed by atoms with Gasteiger partial charge in [-0.05, 0) is 0 Å². The van der Waals surface area contributed by atoms with Crippen LogP contribution in [0.5, 0.6) is 0 Å². The molecule has 1 rings (SSSR count).